The lowest BCUT2D eigenvalue weighted by Crippen LogP contribution is -2.48. The Labute approximate surface area is 302 Å². The fraction of sp³-hybridized carbons (Fsp3) is 0.500. The molecule has 3 unspecified atom stereocenters. The second-order valence-electron chi connectivity index (χ2n) is 14.3. The number of hydrogen-bond acceptors (Lipinski definition) is 4. The number of nitrogens with two attached hydrogens (primary N) is 1. The van der Waals surface area contributed by atoms with Crippen LogP contribution in [-0.2, 0) is 23.3 Å². The lowest BCUT2D eigenvalue weighted by atomic mass is 9.49. The second kappa shape index (κ2) is 18.3. The van der Waals surface area contributed by atoms with Crippen LogP contribution in [0.2, 0.25) is 19.5 Å². The van der Waals surface area contributed by atoms with Crippen molar-refractivity contribution < 1.29 is 4.74 Å². The highest BCUT2D eigenvalue weighted by atomic mass is 35.5. The molecule has 0 saturated heterocycles. The van der Waals surface area contributed by atoms with Crippen LogP contribution in [0.3, 0.4) is 0 Å². The molecule has 3 aliphatic rings. The smallest absolute Gasteiger partial charge is 0.145 e. The zero-order chi connectivity index (χ0) is 35.4. The Morgan fingerprint density at radius 2 is 2.08 bits per heavy atom. The SMILES string of the molecule is C=C[C@]1(NC)CCC(Cc2ccc(C(C)(CCC)OCC3=C(C4=CCC(Cl)C=C4)CB(C)C3)cc2C/N=C(\C=C/CC)N/C=C\C)C=C1N. The van der Waals surface area contributed by atoms with Gasteiger partial charge in [-0.05, 0) is 117 Å². The van der Waals surface area contributed by atoms with Crippen LogP contribution in [0.5, 0.6) is 0 Å². The molecule has 264 valence electrons. The average molecular weight is 683 g/mol. The molecule has 4 rings (SSSR count). The molecule has 0 bridgehead atoms. The first-order chi connectivity index (χ1) is 23.6. The van der Waals surface area contributed by atoms with Crippen LogP contribution in [0, 0.1) is 5.92 Å². The molecule has 1 aromatic carbocycles. The Kier molecular flexibility index (Phi) is 14.4. The number of nitrogens with zero attached hydrogens (tertiary/aromatic N) is 1. The molecule has 4 atom stereocenters. The molecule has 4 N–H and O–H groups in total. The van der Waals surface area contributed by atoms with Gasteiger partial charge in [-0.3, -0.25) is 4.99 Å². The van der Waals surface area contributed by atoms with Gasteiger partial charge in [0.2, 0.25) is 0 Å². The maximum atomic E-state index is 7.02. The number of aliphatic imine (C=N–C) groups is 1. The summed E-state index contributed by atoms with van der Waals surface area (Å²) in [5.41, 5.74) is 14.7. The molecular formula is C42H60BClN4O. The number of amidine groups is 1. The summed E-state index contributed by atoms with van der Waals surface area (Å²) in [6.45, 7) is 16.9. The lowest BCUT2D eigenvalue weighted by molar-refractivity contribution is -0.0313. The van der Waals surface area contributed by atoms with Crippen LogP contribution in [0.4, 0.5) is 0 Å². The van der Waals surface area contributed by atoms with Crippen molar-refractivity contribution in [2.45, 2.75) is 115 Å². The van der Waals surface area contributed by atoms with E-state index in [4.69, 9.17) is 27.1 Å². The van der Waals surface area contributed by atoms with Gasteiger partial charge in [-0.25, -0.2) is 0 Å². The number of allylic oxidation sites excluding steroid dienone is 8. The van der Waals surface area contributed by atoms with E-state index in [1.54, 1.807) is 0 Å². The van der Waals surface area contributed by atoms with Crippen molar-refractivity contribution in [1.82, 2.24) is 10.6 Å². The molecule has 0 fully saturated rings. The zero-order valence-electron chi connectivity index (χ0n) is 31.0. The summed E-state index contributed by atoms with van der Waals surface area (Å²) in [5, 5.41) is 6.84. The fourth-order valence-electron chi connectivity index (χ4n) is 7.51. The summed E-state index contributed by atoms with van der Waals surface area (Å²) in [6, 6.07) is 6.98. The molecule has 49 heavy (non-hydrogen) atoms. The molecule has 0 saturated carbocycles. The Bertz CT molecular complexity index is 1520. The second-order valence-corrected chi connectivity index (χ2v) is 14.9. The Morgan fingerprint density at radius 1 is 1.27 bits per heavy atom. The van der Waals surface area contributed by atoms with Gasteiger partial charge in [0.1, 0.15) is 12.5 Å². The normalized spacial score (nSPS) is 24.5. The summed E-state index contributed by atoms with van der Waals surface area (Å²) >= 11 is 6.37. The van der Waals surface area contributed by atoms with Gasteiger partial charge in [-0.2, -0.15) is 0 Å². The predicted molar refractivity (Wildman–Crippen MR) is 214 cm³/mol. The van der Waals surface area contributed by atoms with Crippen LogP contribution in [0.25, 0.3) is 0 Å². The van der Waals surface area contributed by atoms with E-state index in [0.717, 1.165) is 69.1 Å². The first-order valence-corrected chi connectivity index (χ1v) is 18.9. The Balaban J connectivity index is 1.67. The minimum absolute atomic E-state index is 0.0930. The van der Waals surface area contributed by atoms with Gasteiger partial charge in [-0.15, -0.1) is 18.2 Å². The third-order valence-electron chi connectivity index (χ3n) is 10.5. The Hall–Kier alpha value is -3.06. The van der Waals surface area contributed by atoms with E-state index in [1.807, 2.05) is 32.3 Å². The van der Waals surface area contributed by atoms with E-state index in [9.17, 15) is 0 Å². The molecule has 7 heteroatoms. The topological polar surface area (TPSA) is 71.7 Å². The summed E-state index contributed by atoms with van der Waals surface area (Å²) in [4.78, 5) is 5.07. The number of benzene rings is 1. The number of rotatable bonds is 16. The van der Waals surface area contributed by atoms with Gasteiger partial charge < -0.3 is 21.1 Å². The monoisotopic (exact) mass is 682 g/mol. The molecule has 0 aromatic heterocycles. The van der Waals surface area contributed by atoms with Gasteiger partial charge in [0, 0.05) is 5.70 Å². The molecule has 5 nitrogen and oxygen atoms in total. The van der Waals surface area contributed by atoms with Crippen molar-refractivity contribution in [2.24, 2.45) is 16.6 Å². The van der Waals surface area contributed by atoms with E-state index in [0.29, 0.717) is 25.8 Å². The molecule has 0 spiro atoms. The van der Waals surface area contributed by atoms with Gasteiger partial charge in [0.05, 0.1) is 29.7 Å². The number of nitrogens with one attached hydrogen (secondary N) is 2. The molecule has 0 amide bonds. The predicted octanol–water partition coefficient (Wildman–Crippen LogP) is 9.57. The number of halogens is 1. The first kappa shape index (κ1) is 38.7. The van der Waals surface area contributed by atoms with Gasteiger partial charge >= 0.3 is 0 Å². The summed E-state index contributed by atoms with van der Waals surface area (Å²) in [7, 11) is 1.96. The molecule has 1 aliphatic heterocycles. The van der Waals surface area contributed by atoms with Crippen molar-refractivity contribution in [2.75, 3.05) is 13.7 Å². The minimum Gasteiger partial charge on any atom is -0.401 e. The van der Waals surface area contributed by atoms with Crippen LogP contribution in [0.15, 0.2) is 107 Å². The number of alkyl halides is 1. The van der Waals surface area contributed by atoms with Crippen LogP contribution in [0.1, 0.15) is 82.9 Å². The minimum atomic E-state index is -0.423. The van der Waals surface area contributed by atoms with Gasteiger partial charge in [0.15, 0.2) is 0 Å². The highest BCUT2D eigenvalue weighted by molar-refractivity contribution is 6.60. The van der Waals surface area contributed by atoms with E-state index in [2.05, 4.69) is 99.5 Å². The molecule has 1 heterocycles. The maximum absolute atomic E-state index is 7.02. The third-order valence-corrected chi connectivity index (χ3v) is 10.8. The van der Waals surface area contributed by atoms with Gasteiger partial charge in [-0.1, -0.05) is 94.1 Å². The van der Waals surface area contributed by atoms with E-state index >= 15 is 0 Å². The van der Waals surface area contributed by atoms with E-state index < -0.39 is 5.60 Å². The van der Waals surface area contributed by atoms with E-state index in [-0.39, 0.29) is 10.9 Å². The van der Waals surface area contributed by atoms with Crippen molar-refractivity contribution in [1.29, 1.82) is 0 Å². The summed E-state index contributed by atoms with van der Waals surface area (Å²) < 4.78 is 7.02. The number of hydrogen-bond donors (Lipinski definition) is 3. The van der Waals surface area contributed by atoms with Crippen molar-refractivity contribution in [3.8, 4) is 0 Å². The lowest BCUT2D eigenvalue weighted by Gasteiger charge is -2.37. The summed E-state index contributed by atoms with van der Waals surface area (Å²) in [6.07, 6.45) is 27.9. The zero-order valence-corrected chi connectivity index (χ0v) is 31.7. The molecule has 1 aromatic rings. The molecular weight excluding hydrogens is 623 g/mol. The Morgan fingerprint density at radius 3 is 2.73 bits per heavy atom. The largest absolute Gasteiger partial charge is 0.401 e. The molecule has 2 aliphatic carbocycles. The highest BCUT2D eigenvalue weighted by Crippen LogP contribution is 2.39. The quantitative estimate of drug-likeness (QED) is 0.0534. The maximum Gasteiger partial charge on any atom is 0.145 e. The van der Waals surface area contributed by atoms with Crippen molar-refractivity contribution >= 4 is 24.1 Å². The van der Waals surface area contributed by atoms with E-state index in [1.165, 1.54) is 33.4 Å². The number of likely N-dealkylation sites (N-methyl/N-ethyl adjacent to an activating group) is 1. The fourth-order valence-corrected chi connectivity index (χ4v) is 7.67. The van der Waals surface area contributed by atoms with Crippen LogP contribution in [-0.4, -0.2) is 37.1 Å². The first-order valence-electron chi connectivity index (χ1n) is 18.5. The van der Waals surface area contributed by atoms with Crippen molar-refractivity contribution in [3.05, 3.63) is 119 Å². The average Bonchev–Trinajstić information content (AvgIpc) is 3.48. The van der Waals surface area contributed by atoms with Crippen LogP contribution < -0.4 is 16.4 Å². The highest BCUT2D eigenvalue weighted by Gasteiger charge is 2.34. The molecule has 0 radical (unpaired) electrons. The van der Waals surface area contributed by atoms with Gasteiger partial charge in [0.25, 0.3) is 0 Å². The van der Waals surface area contributed by atoms with Crippen LogP contribution >= 0.6 is 11.6 Å². The van der Waals surface area contributed by atoms with Crippen molar-refractivity contribution in [3.63, 3.8) is 0 Å². The standard InChI is InChI=1S/C42H60BClN4O/c1-8-12-13-40(47-23-10-3)48-29-34-26-36(17-14-33(34)24-31-20-22-42(11-4,46-7)39(45)25-31)41(5,21-9-2)49-30-35-27-43(6)28-38(35)32-15-18-37(44)19-16-32/h10-18,23,25-26,31,37,46H,4,8-9,19-22,24,27-30,45H2,1-3,5-7H3,(H,47,48)/b13-12-,23-10-/t31?,37?,41?,42-/m0/s1. The number of ether oxygens (including phenoxy) is 1. The third kappa shape index (κ3) is 10.0. The summed E-state index contributed by atoms with van der Waals surface area (Å²) in [5.74, 6) is 1.21.